The number of nitrogen functional groups attached to an aromatic ring is 1. The molecule has 5 nitrogen and oxygen atoms in total. The molecular formula is C11H11N3O2. The zero-order valence-corrected chi connectivity index (χ0v) is 8.50. The summed E-state index contributed by atoms with van der Waals surface area (Å²) in [5, 5.41) is 8.77. The minimum Gasteiger partial charge on any atom is -0.478 e. The average Bonchev–Trinajstić information content (AvgIpc) is 2.30. The summed E-state index contributed by atoms with van der Waals surface area (Å²) in [4.78, 5) is 18.8. The lowest BCUT2D eigenvalue weighted by atomic mass is 9.94. The first-order valence-corrected chi connectivity index (χ1v) is 4.86. The van der Waals surface area contributed by atoms with E-state index in [9.17, 15) is 4.79 Å². The Kier molecular flexibility index (Phi) is 2.68. The molecule has 0 fully saturated rings. The second-order valence-corrected chi connectivity index (χ2v) is 3.53. The van der Waals surface area contributed by atoms with Crippen molar-refractivity contribution >= 4 is 11.8 Å². The molecule has 0 bridgehead atoms. The zero-order chi connectivity index (χ0) is 11.5. The molecule has 1 aromatic rings. The van der Waals surface area contributed by atoms with Crippen LogP contribution in [0, 0.1) is 0 Å². The van der Waals surface area contributed by atoms with Gasteiger partial charge in [0, 0.05) is 5.92 Å². The molecular weight excluding hydrogens is 206 g/mol. The molecule has 1 aliphatic rings. The third-order valence-electron chi connectivity index (χ3n) is 2.42. The molecule has 0 radical (unpaired) electrons. The van der Waals surface area contributed by atoms with Gasteiger partial charge in [0.05, 0.1) is 23.7 Å². The number of anilines is 1. The van der Waals surface area contributed by atoms with Crippen LogP contribution in [0.3, 0.4) is 0 Å². The van der Waals surface area contributed by atoms with E-state index in [2.05, 4.69) is 9.97 Å². The van der Waals surface area contributed by atoms with Gasteiger partial charge in [-0.3, -0.25) is 4.98 Å². The Labute approximate surface area is 92.3 Å². The van der Waals surface area contributed by atoms with Gasteiger partial charge < -0.3 is 10.8 Å². The summed E-state index contributed by atoms with van der Waals surface area (Å²) in [7, 11) is 0. The van der Waals surface area contributed by atoms with Gasteiger partial charge in [-0.2, -0.15) is 0 Å². The number of aliphatic carboxylic acids is 1. The maximum Gasteiger partial charge on any atom is 0.335 e. The Morgan fingerprint density at radius 2 is 2.25 bits per heavy atom. The minimum absolute atomic E-state index is 0.0798. The van der Waals surface area contributed by atoms with Crippen molar-refractivity contribution in [1.29, 1.82) is 0 Å². The molecule has 5 heteroatoms. The van der Waals surface area contributed by atoms with E-state index >= 15 is 0 Å². The first kappa shape index (κ1) is 10.4. The van der Waals surface area contributed by atoms with Crippen molar-refractivity contribution < 1.29 is 9.90 Å². The van der Waals surface area contributed by atoms with E-state index in [0.717, 1.165) is 5.69 Å². The van der Waals surface area contributed by atoms with Gasteiger partial charge in [0.1, 0.15) is 5.82 Å². The van der Waals surface area contributed by atoms with Crippen LogP contribution in [-0.2, 0) is 4.79 Å². The Morgan fingerprint density at radius 1 is 1.44 bits per heavy atom. The maximum absolute atomic E-state index is 10.7. The molecule has 0 aliphatic heterocycles. The first-order valence-electron chi connectivity index (χ1n) is 4.86. The summed E-state index contributed by atoms with van der Waals surface area (Å²) >= 11 is 0. The van der Waals surface area contributed by atoms with Crippen LogP contribution in [0.5, 0.6) is 0 Å². The fourth-order valence-corrected chi connectivity index (χ4v) is 1.54. The van der Waals surface area contributed by atoms with Crippen LogP contribution in [0.15, 0.2) is 36.2 Å². The van der Waals surface area contributed by atoms with Crippen molar-refractivity contribution in [2.24, 2.45) is 0 Å². The van der Waals surface area contributed by atoms with Crippen molar-refractivity contribution in [3.05, 3.63) is 41.9 Å². The normalized spacial score (nSPS) is 19.2. The summed E-state index contributed by atoms with van der Waals surface area (Å²) in [5.41, 5.74) is 6.55. The number of aromatic nitrogens is 2. The van der Waals surface area contributed by atoms with E-state index < -0.39 is 5.97 Å². The minimum atomic E-state index is -0.905. The van der Waals surface area contributed by atoms with Crippen LogP contribution < -0.4 is 5.73 Å². The zero-order valence-electron chi connectivity index (χ0n) is 8.50. The summed E-state index contributed by atoms with van der Waals surface area (Å²) in [5.74, 6) is -0.445. The molecule has 3 N–H and O–H groups in total. The van der Waals surface area contributed by atoms with Gasteiger partial charge in [-0.15, -0.1) is 0 Å². The Bertz CT molecular complexity index is 463. The standard InChI is InChI=1S/C11H11N3O2/c12-10-6-13-9(5-14-10)7-1-3-8(4-2-7)11(15)16/h1,3-7H,2H2,(H2,12,14)(H,15,16)/t7-/m0/s1. The highest BCUT2D eigenvalue weighted by atomic mass is 16.4. The van der Waals surface area contributed by atoms with Crippen molar-refractivity contribution in [3.8, 4) is 0 Å². The lowest BCUT2D eigenvalue weighted by Gasteiger charge is -2.13. The van der Waals surface area contributed by atoms with E-state index in [1.165, 1.54) is 6.20 Å². The summed E-state index contributed by atoms with van der Waals surface area (Å²) in [6.45, 7) is 0. The monoisotopic (exact) mass is 217 g/mol. The molecule has 0 saturated heterocycles. The van der Waals surface area contributed by atoms with Gasteiger partial charge in [-0.1, -0.05) is 18.2 Å². The lowest BCUT2D eigenvalue weighted by molar-refractivity contribution is -0.132. The van der Waals surface area contributed by atoms with Crippen LogP contribution >= 0.6 is 0 Å². The van der Waals surface area contributed by atoms with E-state index in [1.54, 1.807) is 18.3 Å². The smallest absolute Gasteiger partial charge is 0.335 e. The van der Waals surface area contributed by atoms with Crippen LogP contribution in [-0.4, -0.2) is 21.0 Å². The molecule has 16 heavy (non-hydrogen) atoms. The second kappa shape index (κ2) is 4.14. The molecule has 1 atom stereocenters. The first-order chi connectivity index (χ1) is 7.66. The average molecular weight is 217 g/mol. The lowest BCUT2D eigenvalue weighted by Crippen LogP contribution is -2.06. The number of hydrogen-bond donors (Lipinski definition) is 2. The largest absolute Gasteiger partial charge is 0.478 e. The van der Waals surface area contributed by atoms with E-state index in [-0.39, 0.29) is 5.92 Å². The van der Waals surface area contributed by atoms with Crippen LogP contribution in [0.4, 0.5) is 5.82 Å². The molecule has 2 rings (SSSR count). The van der Waals surface area contributed by atoms with Crippen LogP contribution in [0.1, 0.15) is 18.0 Å². The molecule has 1 heterocycles. The molecule has 0 saturated carbocycles. The second-order valence-electron chi connectivity index (χ2n) is 3.53. The predicted molar refractivity (Wildman–Crippen MR) is 58.7 cm³/mol. The highest BCUT2D eigenvalue weighted by Gasteiger charge is 2.15. The maximum atomic E-state index is 10.7. The molecule has 0 spiro atoms. The van der Waals surface area contributed by atoms with Crippen LogP contribution in [0.2, 0.25) is 0 Å². The summed E-state index contributed by atoms with van der Waals surface area (Å²) < 4.78 is 0. The third kappa shape index (κ3) is 2.08. The molecule has 0 amide bonds. The summed E-state index contributed by atoms with van der Waals surface area (Å²) in [6.07, 6.45) is 8.84. The van der Waals surface area contributed by atoms with Gasteiger partial charge in [0.25, 0.3) is 0 Å². The van der Waals surface area contributed by atoms with Gasteiger partial charge in [0.15, 0.2) is 0 Å². The SMILES string of the molecule is Nc1cnc([C@H]2C=CC(C(=O)O)=CC2)cn1. The molecule has 1 aromatic heterocycles. The predicted octanol–water partition coefficient (Wildman–Crippen LogP) is 1.11. The molecule has 1 aliphatic carbocycles. The Balaban J connectivity index is 2.14. The van der Waals surface area contributed by atoms with Crippen molar-refractivity contribution in [1.82, 2.24) is 9.97 Å². The van der Waals surface area contributed by atoms with Gasteiger partial charge in [0.2, 0.25) is 0 Å². The Morgan fingerprint density at radius 3 is 2.75 bits per heavy atom. The number of carbonyl (C=O) groups is 1. The quantitative estimate of drug-likeness (QED) is 0.774. The van der Waals surface area contributed by atoms with Gasteiger partial charge in [-0.05, 0) is 6.42 Å². The van der Waals surface area contributed by atoms with Crippen molar-refractivity contribution in [3.63, 3.8) is 0 Å². The fraction of sp³-hybridized carbons (Fsp3) is 0.182. The molecule has 0 unspecified atom stereocenters. The summed E-state index contributed by atoms with van der Waals surface area (Å²) in [6, 6.07) is 0. The number of carboxylic acids is 1. The van der Waals surface area contributed by atoms with E-state index in [4.69, 9.17) is 10.8 Å². The molecule has 82 valence electrons. The topological polar surface area (TPSA) is 89.1 Å². The van der Waals surface area contributed by atoms with Crippen molar-refractivity contribution in [2.75, 3.05) is 5.73 Å². The third-order valence-corrected chi connectivity index (χ3v) is 2.42. The number of allylic oxidation sites excluding steroid dienone is 2. The van der Waals surface area contributed by atoms with E-state index in [1.807, 2.05) is 6.08 Å². The van der Waals surface area contributed by atoms with Crippen LogP contribution in [0.25, 0.3) is 0 Å². The number of rotatable bonds is 2. The molecule has 0 aromatic carbocycles. The Hall–Kier alpha value is -2.17. The highest BCUT2D eigenvalue weighted by molar-refractivity contribution is 5.90. The number of nitrogens with zero attached hydrogens (tertiary/aromatic N) is 2. The number of carboxylic acid groups (broad SMARTS) is 1. The van der Waals surface area contributed by atoms with Gasteiger partial charge in [-0.25, -0.2) is 9.78 Å². The van der Waals surface area contributed by atoms with Crippen molar-refractivity contribution in [2.45, 2.75) is 12.3 Å². The number of hydrogen-bond acceptors (Lipinski definition) is 4. The van der Waals surface area contributed by atoms with Gasteiger partial charge >= 0.3 is 5.97 Å². The van der Waals surface area contributed by atoms with E-state index in [0.29, 0.717) is 17.8 Å². The number of nitrogens with two attached hydrogens (primary N) is 1. The highest BCUT2D eigenvalue weighted by Crippen LogP contribution is 2.24. The fourth-order valence-electron chi connectivity index (χ4n) is 1.54.